The highest BCUT2D eigenvalue weighted by Gasteiger charge is 2.27. The number of alkyl halides is 3. The second-order valence-electron chi connectivity index (χ2n) is 6.51. The normalized spacial score (nSPS) is 11.3. The molecule has 0 radical (unpaired) electrons. The summed E-state index contributed by atoms with van der Waals surface area (Å²) in [7, 11) is 0. The van der Waals surface area contributed by atoms with Crippen LogP contribution in [0.25, 0.3) is 22.2 Å². The van der Waals surface area contributed by atoms with E-state index in [4.69, 9.17) is 0 Å². The molecular weight excluding hydrogens is 383 g/mol. The number of hydrogen-bond donors (Lipinski definition) is 2. The van der Waals surface area contributed by atoms with E-state index in [0.717, 1.165) is 11.1 Å². The fourth-order valence-electron chi connectivity index (χ4n) is 2.75. The molecule has 150 valence electrons. The Bertz CT molecular complexity index is 1050. The lowest BCUT2D eigenvalue weighted by molar-refractivity contribution is -0.137. The lowest BCUT2D eigenvalue weighted by Gasteiger charge is -2.12. The number of pyridine rings is 1. The summed E-state index contributed by atoms with van der Waals surface area (Å²) < 4.78 is 36.5. The summed E-state index contributed by atoms with van der Waals surface area (Å²) in [5, 5.41) is 4.67. The number of amides is 2. The Hall–Kier alpha value is -3.42. The highest BCUT2D eigenvalue weighted by atomic mass is 19.4. The van der Waals surface area contributed by atoms with E-state index in [0.29, 0.717) is 16.6 Å². The molecule has 0 spiro atoms. The van der Waals surface area contributed by atoms with E-state index in [-0.39, 0.29) is 5.56 Å². The van der Waals surface area contributed by atoms with Gasteiger partial charge in [-0.1, -0.05) is 48.0 Å². The number of aryl methyl sites for hydroxylation is 1. The summed E-state index contributed by atoms with van der Waals surface area (Å²) in [4.78, 5) is 28.8. The zero-order chi connectivity index (χ0) is 21.0. The standard InChI is InChI=1S/C21H18F3N3O2/c1-13-6-8-14(9-7-13)18-10-16(15-4-2-3-5-17(15)27-18)20(29)25-11-19(28)26-12-21(22,23)24/h2-10H,11-12H2,1H3,(H,25,29)(H,26,28). The largest absolute Gasteiger partial charge is 0.405 e. The Morgan fingerprint density at radius 3 is 2.38 bits per heavy atom. The summed E-state index contributed by atoms with van der Waals surface area (Å²) >= 11 is 0. The summed E-state index contributed by atoms with van der Waals surface area (Å²) in [5.74, 6) is -1.49. The minimum Gasteiger partial charge on any atom is -0.345 e. The number of aromatic nitrogens is 1. The molecule has 0 aliphatic carbocycles. The van der Waals surface area contributed by atoms with Gasteiger partial charge in [0.15, 0.2) is 0 Å². The SMILES string of the molecule is Cc1ccc(-c2cc(C(=O)NCC(=O)NCC(F)(F)F)c3ccccc3n2)cc1. The molecule has 2 N–H and O–H groups in total. The number of hydrogen-bond acceptors (Lipinski definition) is 3. The molecule has 3 rings (SSSR count). The van der Waals surface area contributed by atoms with Gasteiger partial charge in [0.2, 0.25) is 5.91 Å². The minimum atomic E-state index is -4.51. The number of benzene rings is 2. The van der Waals surface area contributed by atoms with Gasteiger partial charge in [0, 0.05) is 10.9 Å². The molecule has 0 unspecified atom stereocenters. The Morgan fingerprint density at radius 1 is 1.00 bits per heavy atom. The molecule has 0 aliphatic rings. The first-order valence-electron chi connectivity index (χ1n) is 8.81. The molecule has 0 saturated heterocycles. The number of carbonyl (C=O) groups is 2. The van der Waals surface area contributed by atoms with E-state index < -0.39 is 31.1 Å². The molecule has 0 saturated carbocycles. The topological polar surface area (TPSA) is 71.1 Å². The highest BCUT2D eigenvalue weighted by molar-refractivity contribution is 6.08. The lowest BCUT2D eigenvalue weighted by atomic mass is 10.0. The number of halogens is 3. The van der Waals surface area contributed by atoms with Crippen molar-refractivity contribution in [2.24, 2.45) is 0 Å². The van der Waals surface area contributed by atoms with Crippen molar-refractivity contribution in [2.75, 3.05) is 13.1 Å². The van der Waals surface area contributed by atoms with Crippen LogP contribution in [0, 0.1) is 6.92 Å². The van der Waals surface area contributed by atoms with E-state index in [1.54, 1.807) is 35.6 Å². The highest BCUT2D eigenvalue weighted by Crippen LogP contribution is 2.25. The van der Waals surface area contributed by atoms with Crippen molar-refractivity contribution in [3.63, 3.8) is 0 Å². The first-order chi connectivity index (χ1) is 13.7. The summed E-state index contributed by atoms with van der Waals surface area (Å²) in [6.45, 7) is -0.0524. The van der Waals surface area contributed by atoms with Crippen molar-refractivity contribution in [1.82, 2.24) is 15.6 Å². The van der Waals surface area contributed by atoms with Crippen LogP contribution in [0.5, 0.6) is 0 Å². The Kier molecular flexibility index (Phi) is 5.81. The van der Waals surface area contributed by atoms with Gasteiger partial charge in [-0.2, -0.15) is 13.2 Å². The van der Waals surface area contributed by atoms with Gasteiger partial charge in [-0.3, -0.25) is 9.59 Å². The van der Waals surface area contributed by atoms with Gasteiger partial charge in [0.1, 0.15) is 6.54 Å². The van der Waals surface area contributed by atoms with Crippen molar-refractivity contribution in [3.8, 4) is 11.3 Å². The predicted octanol–water partition coefficient (Wildman–Crippen LogP) is 3.62. The van der Waals surface area contributed by atoms with Gasteiger partial charge in [-0.25, -0.2) is 4.98 Å². The second-order valence-corrected chi connectivity index (χ2v) is 6.51. The smallest absolute Gasteiger partial charge is 0.345 e. The van der Waals surface area contributed by atoms with Crippen LogP contribution < -0.4 is 10.6 Å². The minimum absolute atomic E-state index is 0.287. The zero-order valence-corrected chi connectivity index (χ0v) is 15.5. The number of fused-ring (bicyclic) bond motifs is 1. The molecule has 0 aliphatic heterocycles. The van der Waals surface area contributed by atoms with Gasteiger partial charge in [0.05, 0.1) is 23.3 Å². The molecule has 0 bridgehead atoms. The molecule has 2 aromatic carbocycles. The molecule has 0 fully saturated rings. The van der Waals surface area contributed by atoms with Crippen molar-refractivity contribution in [1.29, 1.82) is 0 Å². The second kappa shape index (κ2) is 8.30. The fraction of sp³-hybridized carbons (Fsp3) is 0.190. The third kappa shape index (κ3) is 5.31. The molecule has 3 aromatic rings. The molecule has 29 heavy (non-hydrogen) atoms. The van der Waals surface area contributed by atoms with Crippen molar-refractivity contribution < 1.29 is 22.8 Å². The van der Waals surface area contributed by atoms with E-state index in [1.807, 2.05) is 31.2 Å². The number of rotatable bonds is 5. The first-order valence-corrected chi connectivity index (χ1v) is 8.81. The summed E-state index contributed by atoms with van der Waals surface area (Å²) in [6.07, 6.45) is -4.51. The third-order valence-corrected chi connectivity index (χ3v) is 4.20. The average Bonchev–Trinajstić information content (AvgIpc) is 2.69. The van der Waals surface area contributed by atoms with E-state index in [9.17, 15) is 22.8 Å². The van der Waals surface area contributed by atoms with Crippen LogP contribution in [0.2, 0.25) is 0 Å². The van der Waals surface area contributed by atoms with E-state index in [1.165, 1.54) is 0 Å². The third-order valence-electron chi connectivity index (χ3n) is 4.20. The molecule has 0 atom stereocenters. The fourth-order valence-corrected chi connectivity index (χ4v) is 2.75. The van der Waals surface area contributed by atoms with Crippen molar-refractivity contribution in [3.05, 3.63) is 65.7 Å². The van der Waals surface area contributed by atoms with E-state index in [2.05, 4.69) is 10.3 Å². The number of nitrogens with zero attached hydrogens (tertiary/aromatic N) is 1. The zero-order valence-electron chi connectivity index (χ0n) is 15.5. The lowest BCUT2D eigenvalue weighted by Crippen LogP contribution is -2.40. The quantitative estimate of drug-likeness (QED) is 0.686. The molecule has 5 nitrogen and oxygen atoms in total. The van der Waals surface area contributed by atoms with Crippen LogP contribution in [0.3, 0.4) is 0 Å². The van der Waals surface area contributed by atoms with Crippen LogP contribution in [-0.4, -0.2) is 36.1 Å². The maximum atomic E-state index is 12.7. The molecule has 1 aromatic heterocycles. The number of nitrogens with one attached hydrogen (secondary N) is 2. The van der Waals surface area contributed by atoms with Gasteiger partial charge in [-0.05, 0) is 19.1 Å². The Balaban J connectivity index is 1.84. The van der Waals surface area contributed by atoms with Gasteiger partial charge in [-0.15, -0.1) is 0 Å². The van der Waals surface area contributed by atoms with Crippen LogP contribution in [0.4, 0.5) is 13.2 Å². The number of carbonyl (C=O) groups excluding carboxylic acids is 2. The summed E-state index contributed by atoms with van der Waals surface area (Å²) in [5.41, 5.74) is 3.36. The van der Waals surface area contributed by atoms with Gasteiger partial charge >= 0.3 is 6.18 Å². The Morgan fingerprint density at radius 2 is 1.69 bits per heavy atom. The van der Waals surface area contributed by atoms with Crippen molar-refractivity contribution >= 4 is 22.7 Å². The van der Waals surface area contributed by atoms with Crippen LogP contribution in [0.1, 0.15) is 15.9 Å². The average molecular weight is 401 g/mol. The van der Waals surface area contributed by atoms with Crippen LogP contribution in [0.15, 0.2) is 54.6 Å². The van der Waals surface area contributed by atoms with E-state index >= 15 is 0 Å². The van der Waals surface area contributed by atoms with Crippen molar-refractivity contribution in [2.45, 2.75) is 13.1 Å². The first kappa shape index (κ1) is 20.3. The monoisotopic (exact) mass is 401 g/mol. The molecule has 2 amide bonds. The summed E-state index contributed by atoms with van der Waals surface area (Å²) in [6, 6.07) is 16.3. The predicted molar refractivity (Wildman–Crippen MR) is 103 cm³/mol. The maximum Gasteiger partial charge on any atom is 0.405 e. The van der Waals surface area contributed by atoms with Crippen LogP contribution in [-0.2, 0) is 4.79 Å². The molecule has 8 heteroatoms. The molecular formula is C21H18F3N3O2. The maximum absolute atomic E-state index is 12.7. The molecule has 1 heterocycles. The number of para-hydroxylation sites is 1. The van der Waals surface area contributed by atoms with Crippen LogP contribution >= 0.6 is 0 Å². The van der Waals surface area contributed by atoms with Gasteiger partial charge < -0.3 is 10.6 Å². The van der Waals surface area contributed by atoms with Gasteiger partial charge in [0.25, 0.3) is 5.91 Å². The Labute approximate surface area is 164 Å².